The van der Waals surface area contributed by atoms with Gasteiger partial charge >= 0.3 is 0 Å². The molecule has 1 fully saturated rings. The molecule has 4 nitrogen and oxygen atoms in total. The van der Waals surface area contributed by atoms with Crippen molar-refractivity contribution >= 4 is 17.2 Å². The summed E-state index contributed by atoms with van der Waals surface area (Å²) in [5.74, 6) is -0.00463. The molecule has 1 amide bonds. The van der Waals surface area contributed by atoms with Gasteiger partial charge in [0, 0.05) is 12.1 Å². The fraction of sp³-hybridized carbons (Fsp3) is 0.600. The summed E-state index contributed by atoms with van der Waals surface area (Å²) in [7, 11) is 0. The van der Waals surface area contributed by atoms with E-state index in [9.17, 15) is 4.79 Å². The van der Waals surface area contributed by atoms with Gasteiger partial charge in [-0.1, -0.05) is 0 Å². The maximum atomic E-state index is 11.8. The number of hydrogen-bond acceptors (Lipinski definition) is 4. The summed E-state index contributed by atoms with van der Waals surface area (Å²) >= 11 is 1.45. The second kappa shape index (κ2) is 3.90. The van der Waals surface area contributed by atoms with Crippen LogP contribution in [0.1, 0.15) is 33.2 Å². The van der Waals surface area contributed by atoms with Crippen LogP contribution in [0.3, 0.4) is 0 Å². The zero-order chi connectivity index (χ0) is 11.0. The molecule has 1 aromatic heterocycles. The standard InChI is InChI=1S/C10H15N3OS/c1-5-9(15-6(2)12-5)10(14)13-8-3-7(11)4-8/h7-8H,3-4,11H2,1-2H3,(H,13,14). The Morgan fingerprint density at radius 1 is 1.53 bits per heavy atom. The topological polar surface area (TPSA) is 68.0 Å². The smallest absolute Gasteiger partial charge is 0.263 e. The summed E-state index contributed by atoms with van der Waals surface area (Å²) in [6.07, 6.45) is 1.78. The van der Waals surface area contributed by atoms with Crippen molar-refractivity contribution in [1.82, 2.24) is 10.3 Å². The third kappa shape index (κ3) is 2.18. The molecular weight excluding hydrogens is 210 g/mol. The largest absolute Gasteiger partial charge is 0.348 e. The Bertz CT molecular complexity index is 382. The third-order valence-corrected chi connectivity index (χ3v) is 3.69. The number of amides is 1. The van der Waals surface area contributed by atoms with Crippen molar-refractivity contribution in [1.29, 1.82) is 0 Å². The second-order valence-corrected chi connectivity index (χ2v) is 5.25. The molecular formula is C10H15N3OS. The van der Waals surface area contributed by atoms with Crippen molar-refractivity contribution in [3.05, 3.63) is 15.6 Å². The first kappa shape index (κ1) is 10.6. The first-order valence-electron chi connectivity index (χ1n) is 5.06. The SMILES string of the molecule is Cc1nc(C)c(C(=O)NC2CC(N)C2)s1. The number of aromatic nitrogens is 1. The van der Waals surface area contributed by atoms with Gasteiger partial charge in [0.25, 0.3) is 5.91 Å². The van der Waals surface area contributed by atoms with Gasteiger partial charge in [0.05, 0.1) is 10.7 Å². The average molecular weight is 225 g/mol. The van der Waals surface area contributed by atoms with E-state index in [4.69, 9.17) is 5.73 Å². The summed E-state index contributed by atoms with van der Waals surface area (Å²) in [5.41, 5.74) is 6.47. The second-order valence-electron chi connectivity index (χ2n) is 4.05. The quantitative estimate of drug-likeness (QED) is 0.788. The lowest BCUT2D eigenvalue weighted by molar-refractivity contribution is 0.0913. The van der Waals surface area contributed by atoms with Crippen LogP contribution in [0.4, 0.5) is 0 Å². The Kier molecular flexibility index (Phi) is 2.75. The number of carbonyl (C=O) groups excluding carboxylic acids is 1. The van der Waals surface area contributed by atoms with Crippen molar-refractivity contribution in [2.75, 3.05) is 0 Å². The van der Waals surface area contributed by atoms with Crippen LogP contribution in [-0.4, -0.2) is 23.0 Å². The molecule has 5 heteroatoms. The Balaban J connectivity index is 1.99. The van der Waals surface area contributed by atoms with Gasteiger partial charge in [-0.2, -0.15) is 0 Å². The monoisotopic (exact) mass is 225 g/mol. The van der Waals surface area contributed by atoms with Crippen molar-refractivity contribution < 1.29 is 4.79 Å². The highest BCUT2D eigenvalue weighted by Gasteiger charge is 2.28. The lowest BCUT2D eigenvalue weighted by atomic mass is 9.87. The molecule has 2 rings (SSSR count). The molecule has 0 aromatic carbocycles. The van der Waals surface area contributed by atoms with E-state index in [1.165, 1.54) is 11.3 Å². The molecule has 0 atom stereocenters. The fourth-order valence-corrected chi connectivity index (χ4v) is 2.60. The molecule has 0 spiro atoms. The fourth-order valence-electron chi connectivity index (χ4n) is 1.77. The van der Waals surface area contributed by atoms with Gasteiger partial charge in [0.15, 0.2) is 0 Å². The van der Waals surface area contributed by atoms with Gasteiger partial charge in [0.2, 0.25) is 0 Å². The molecule has 1 saturated carbocycles. The molecule has 0 radical (unpaired) electrons. The van der Waals surface area contributed by atoms with E-state index in [1.54, 1.807) is 0 Å². The Morgan fingerprint density at radius 3 is 2.67 bits per heavy atom. The molecule has 0 unspecified atom stereocenters. The van der Waals surface area contributed by atoms with Gasteiger partial charge in [-0.15, -0.1) is 11.3 Å². The minimum absolute atomic E-state index is 0.00463. The van der Waals surface area contributed by atoms with Crippen molar-refractivity contribution in [3.63, 3.8) is 0 Å². The van der Waals surface area contributed by atoms with Gasteiger partial charge in [0.1, 0.15) is 4.88 Å². The molecule has 82 valence electrons. The van der Waals surface area contributed by atoms with Gasteiger partial charge < -0.3 is 11.1 Å². The van der Waals surface area contributed by atoms with Gasteiger partial charge in [-0.05, 0) is 26.7 Å². The van der Waals surface area contributed by atoms with E-state index < -0.39 is 0 Å². The molecule has 1 aliphatic carbocycles. The van der Waals surface area contributed by atoms with Crippen LogP contribution in [0.25, 0.3) is 0 Å². The lowest BCUT2D eigenvalue weighted by Crippen LogP contribution is -2.50. The van der Waals surface area contributed by atoms with Crippen LogP contribution < -0.4 is 11.1 Å². The van der Waals surface area contributed by atoms with Crippen molar-refractivity contribution in [2.24, 2.45) is 5.73 Å². The number of hydrogen-bond donors (Lipinski definition) is 2. The van der Waals surface area contributed by atoms with Gasteiger partial charge in [-0.3, -0.25) is 4.79 Å². The van der Waals surface area contributed by atoms with Crippen molar-refractivity contribution in [2.45, 2.75) is 38.8 Å². The number of rotatable bonds is 2. The number of nitrogens with two attached hydrogens (primary N) is 1. The zero-order valence-corrected chi connectivity index (χ0v) is 9.73. The summed E-state index contributed by atoms with van der Waals surface area (Å²) in [6.45, 7) is 3.78. The van der Waals surface area contributed by atoms with Crippen LogP contribution >= 0.6 is 11.3 Å². The van der Waals surface area contributed by atoms with E-state index in [-0.39, 0.29) is 18.0 Å². The number of nitrogens with zero attached hydrogens (tertiary/aromatic N) is 1. The molecule has 1 aliphatic rings. The molecule has 0 aliphatic heterocycles. The highest BCUT2D eigenvalue weighted by Crippen LogP contribution is 2.21. The van der Waals surface area contributed by atoms with Crippen LogP contribution in [0.15, 0.2) is 0 Å². The molecule has 15 heavy (non-hydrogen) atoms. The van der Waals surface area contributed by atoms with Crippen molar-refractivity contribution in [3.8, 4) is 0 Å². The molecule has 1 heterocycles. The van der Waals surface area contributed by atoms with E-state index in [0.29, 0.717) is 0 Å². The number of aryl methyl sites for hydroxylation is 2. The lowest BCUT2D eigenvalue weighted by Gasteiger charge is -2.32. The normalized spacial score (nSPS) is 24.7. The van der Waals surface area contributed by atoms with Crippen LogP contribution in [-0.2, 0) is 0 Å². The molecule has 1 aromatic rings. The van der Waals surface area contributed by atoms with Gasteiger partial charge in [-0.25, -0.2) is 4.98 Å². The number of thiazole rings is 1. The predicted molar refractivity (Wildman–Crippen MR) is 60.1 cm³/mol. The first-order chi connectivity index (χ1) is 7.06. The number of carbonyl (C=O) groups is 1. The van der Waals surface area contributed by atoms with Crippen LogP contribution in [0.5, 0.6) is 0 Å². The van der Waals surface area contributed by atoms with Crippen LogP contribution in [0.2, 0.25) is 0 Å². The highest BCUT2D eigenvalue weighted by atomic mass is 32.1. The minimum Gasteiger partial charge on any atom is -0.348 e. The van der Waals surface area contributed by atoms with E-state index in [1.807, 2.05) is 13.8 Å². The maximum Gasteiger partial charge on any atom is 0.263 e. The summed E-state index contributed by atoms with van der Waals surface area (Å²) in [5, 5.41) is 3.90. The first-order valence-corrected chi connectivity index (χ1v) is 5.88. The highest BCUT2D eigenvalue weighted by molar-refractivity contribution is 7.13. The Morgan fingerprint density at radius 2 is 2.20 bits per heavy atom. The number of nitrogens with one attached hydrogen (secondary N) is 1. The summed E-state index contributed by atoms with van der Waals surface area (Å²) in [6, 6.07) is 0.522. The third-order valence-electron chi connectivity index (χ3n) is 2.62. The Labute approximate surface area is 92.9 Å². The Hall–Kier alpha value is -0.940. The summed E-state index contributed by atoms with van der Waals surface area (Å²) < 4.78 is 0. The van der Waals surface area contributed by atoms with E-state index in [0.717, 1.165) is 28.4 Å². The molecule has 3 N–H and O–H groups in total. The van der Waals surface area contributed by atoms with E-state index in [2.05, 4.69) is 10.3 Å². The maximum absolute atomic E-state index is 11.8. The zero-order valence-electron chi connectivity index (χ0n) is 8.91. The molecule has 0 saturated heterocycles. The molecule has 0 bridgehead atoms. The summed E-state index contributed by atoms with van der Waals surface area (Å²) in [4.78, 5) is 16.8. The average Bonchev–Trinajstić information content (AvgIpc) is 2.42. The predicted octanol–water partition coefficient (Wildman–Crippen LogP) is 0.979. The van der Waals surface area contributed by atoms with E-state index >= 15 is 0 Å². The minimum atomic E-state index is -0.00463. The van der Waals surface area contributed by atoms with Crippen LogP contribution in [0, 0.1) is 13.8 Å².